The largest absolute Gasteiger partial charge is 0.396 e. The van der Waals surface area contributed by atoms with Crippen LogP contribution < -0.4 is 0 Å². The van der Waals surface area contributed by atoms with E-state index in [-0.39, 0.29) is 0 Å². The Hall–Kier alpha value is -3.25. The zero-order valence-corrected chi connectivity index (χ0v) is 16.5. The second-order valence-corrected chi connectivity index (χ2v) is 6.66. The minimum Gasteiger partial charge on any atom is -0.396 e. The van der Waals surface area contributed by atoms with Gasteiger partial charge >= 0.3 is 0 Å². The van der Waals surface area contributed by atoms with E-state index in [4.69, 9.17) is 14.6 Å². The average molecular weight is 388 g/mol. The Bertz CT molecular complexity index is 1110. The lowest BCUT2D eigenvalue weighted by molar-refractivity contribution is 0.122. The number of para-hydroxylation sites is 1. The van der Waals surface area contributed by atoms with E-state index in [1.165, 1.54) is 0 Å². The van der Waals surface area contributed by atoms with Crippen LogP contribution in [0.1, 0.15) is 24.7 Å². The van der Waals surface area contributed by atoms with Crippen molar-refractivity contribution >= 4 is 28.2 Å². The fraction of sp³-hybridized carbons (Fsp3) is 0.261. The van der Waals surface area contributed by atoms with Crippen LogP contribution in [0.2, 0.25) is 0 Å². The van der Waals surface area contributed by atoms with Crippen molar-refractivity contribution in [3.63, 3.8) is 0 Å². The van der Waals surface area contributed by atoms with Crippen molar-refractivity contribution in [3.05, 3.63) is 72.2 Å². The van der Waals surface area contributed by atoms with Gasteiger partial charge in [0.2, 0.25) is 0 Å². The van der Waals surface area contributed by atoms with Gasteiger partial charge in [-0.05, 0) is 18.6 Å². The second kappa shape index (κ2) is 9.30. The predicted octanol–water partition coefficient (Wildman–Crippen LogP) is 4.56. The number of imidazole rings is 1. The number of rotatable bonds is 9. The Morgan fingerprint density at radius 2 is 1.86 bits per heavy atom. The number of benzene rings is 2. The predicted molar refractivity (Wildman–Crippen MR) is 115 cm³/mol. The molecule has 0 radical (unpaired) electrons. The van der Waals surface area contributed by atoms with E-state index in [1.807, 2.05) is 61.7 Å². The number of fused-ring (bicyclic) bond motifs is 3. The van der Waals surface area contributed by atoms with Crippen molar-refractivity contribution in [1.82, 2.24) is 14.5 Å². The third kappa shape index (κ3) is 4.43. The lowest BCUT2D eigenvalue weighted by atomic mass is 10.2. The van der Waals surface area contributed by atoms with Crippen LogP contribution >= 0.6 is 0 Å². The quantitative estimate of drug-likeness (QED) is 0.240. The molecule has 148 valence electrons. The highest BCUT2D eigenvalue weighted by Gasteiger charge is 2.14. The molecule has 6 heteroatoms. The molecule has 0 amide bonds. The van der Waals surface area contributed by atoms with Crippen LogP contribution in [-0.4, -0.2) is 34.0 Å². The summed E-state index contributed by atoms with van der Waals surface area (Å²) >= 11 is 0. The van der Waals surface area contributed by atoms with Gasteiger partial charge in [-0.15, -0.1) is 0 Å². The number of ether oxygens (including phenoxy) is 1. The number of hydrogen-bond acceptors (Lipinski definition) is 5. The summed E-state index contributed by atoms with van der Waals surface area (Å²) in [5.41, 5.74) is 3.97. The molecule has 0 spiro atoms. The fourth-order valence-corrected chi connectivity index (χ4v) is 3.33. The number of aryl methyl sites for hydroxylation is 1. The highest BCUT2D eigenvalue weighted by Crippen LogP contribution is 2.25. The van der Waals surface area contributed by atoms with Gasteiger partial charge in [-0.2, -0.15) is 0 Å². The van der Waals surface area contributed by atoms with Gasteiger partial charge in [-0.1, -0.05) is 53.7 Å². The summed E-state index contributed by atoms with van der Waals surface area (Å²) in [6.07, 6.45) is 4.38. The summed E-state index contributed by atoms with van der Waals surface area (Å²) in [6, 6.07) is 18.1. The van der Waals surface area contributed by atoms with Gasteiger partial charge in [0, 0.05) is 25.0 Å². The van der Waals surface area contributed by atoms with Crippen molar-refractivity contribution in [3.8, 4) is 0 Å². The van der Waals surface area contributed by atoms with Crippen molar-refractivity contribution in [2.45, 2.75) is 26.5 Å². The van der Waals surface area contributed by atoms with Crippen LogP contribution in [0.15, 0.2) is 65.9 Å². The molecule has 29 heavy (non-hydrogen) atoms. The highest BCUT2D eigenvalue weighted by molar-refractivity contribution is 6.02. The molecule has 4 rings (SSSR count). The fourth-order valence-electron chi connectivity index (χ4n) is 3.33. The summed E-state index contributed by atoms with van der Waals surface area (Å²) in [7, 11) is 0. The molecule has 4 aromatic rings. The number of aromatic nitrogens is 3. The van der Waals surface area contributed by atoms with Gasteiger partial charge in [-0.3, -0.25) is 4.98 Å². The first-order valence-corrected chi connectivity index (χ1v) is 9.88. The van der Waals surface area contributed by atoms with E-state index in [9.17, 15) is 0 Å². The monoisotopic (exact) mass is 388 g/mol. The van der Waals surface area contributed by atoms with Crippen molar-refractivity contribution in [2.75, 3.05) is 13.2 Å². The molecule has 2 heterocycles. The topological polar surface area (TPSA) is 61.5 Å². The van der Waals surface area contributed by atoms with Gasteiger partial charge in [-0.25, -0.2) is 4.98 Å². The molecular weight excluding hydrogens is 364 g/mol. The first-order valence-electron chi connectivity index (χ1n) is 9.88. The van der Waals surface area contributed by atoms with Gasteiger partial charge in [0.05, 0.1) is 23.4 Å². The minimum absolute atomic E-state index is 0.479. The molecule has 0 bridgehead atoms. The number of pyridine rings is 1. The van der Waals surface area contributed by atoms with Crippen LogP contribution in [0.4, 0.5) is 0 Å². The average Bonchev–Trinajstić information content (AvgIpc) is 3.13. The number of hydrogen-bond donors (Lipinski definition) is 0. The minimum atomic E-state index is 0.479. The Balaban J connectivity index is 1.50. The highest BCUT2D eigenvalue weighted by atomic mass is 16.6. The van der Waals surface area contributed by atoms with Crippen molar-refractivity contribution < 1.29 is 9.57 Å². The van der Waals surface area contributed by atoms with E-state index in [2.05, 4.69) is 20.8 Å². The third-order valence-electron chi connectivity index (χ3n) is 4.69. The molecular formula is C23H24N4O2. The summed E-state index contributed by atoms with van der Waals surface area (Å²) in [5, 5.41) is 5.16. The van der Waals surface area contributed by atoms with Crippen LogP contribution in [0.5, 0.6) is 0 Å². The van der Waals surface area contributed by atoms with Crippen LogP contribution in [0, 0.1) is 0 Å². The zero-order chi connectivity index (χ0) is 19.9. The smallest absolute Gasteiger partial charge is 0.136 e. The second-order valence-electron chi connectivity index (χ2n) is 6.66. The zero-order valence-electron chi connectivity index (χ0n) is 16.5. The summed E-state index contributed by atoms with van der Waals surface area (Å²) in [5.74, 6) is 0.910. The van der Waals surface area contributed by atoms with Crippen molar-refractivity contribution in [1.29, 1.82) is 0 Å². The molecule has 2 aromatic carbocycles. The van der Waals surface area contributed by atoms with E-state index in [0.29, 0.717) is 19.8 Å². The molecule has 2 aromatic heterocycles. The summed E-state index contributed by atoms with van der Waals surface area (Å²) in [6.45, 7) is 4.42. The van der Waals surface area contributed by atoms with Crippen molar-refractivity contribution in [2.24, 2.45) is 5.16 Å². The standard InChI is InChI=1S/C23H24N4O2/c1-2-28-17-22-26-21-16-24-20-12-7-6-11-19(20)23(21)27(22)13-8-14-29-25-15-18-9-4-3-5-10-18/h3-7,9-12,15-16H,2,8,13-14,17H2,1H3/b25-15+. The summed E-state index contributed by atoms with van der Waals surface area (Å²) < 4.78 is 7.86. The maximum atomic E-state index is 5.64. The molecule has 0 N–H and O–H groups in total. The van der Waals surface area contributed by atoms with Crippen LogP contribution in [-0.2, 0) is 22.7 Å². The van der Waals surface area contributed by atoms with E-state index >= 15 is 0 Å². The molecule has 0 saturated heterocycles. The van der Waals surface area contributed by atoms with Gasteiger partial charge in [0.25, 0.3) is 0 Å². The van der Waals surface area contributed by atoms with E-state index < -0.39 is 0 Å². The van der Waals surface area contributed by atoms with Gasteiger partial charge in [0.15, 0.2) is 0 Å². The Morgan fingerprint density at radius 3 is 2.72 bits per heavy atom. The van der Waals surface area contributed by atoms with E-state index in [1.54, 1.807) is 6.21 Å². The number of nitrogens with zero attached hydrogens (tertiary/aromatic N) is 4. The first-order chi connectivity index (χ1) is 14.4. The molecule has 0 fully saturated rings. The number of oxime groups is 1. The maximum absolute atomic E-state index is 5.64. The normalized spacial score (nSPS) is 11.6. The Kier molecular flexibility index (Phi) is 6.12. The maximum Gasteiger partial charge on any atom is 0.136 e. The third-order valence-corrected chi connectivity index (χ3v) is 4.69. The molecule has 0 atom stereocenters. The summed E-state index contributed by atoms with van der Waals surface area (Å²) in [4.78, 5) is 14.7. The molecule has 0 aliphatic heterocycles. The first kappa shape index (κ1) is 19.1. The molecule has 0 aliphatic rings. The van der Waals surface area contributed by atoms with Gasteiger partial charge in [0.1, 0.15) is 24.6 Å². The molecule has 0 saturated carbocycles. The van der Waals surface area contributed by atoms with E-state index in [0.717, 1.165) is 46.3 Å². The van der Waals surface area contributed by atoms with Gasteiger partial charge < -0.3 is 14.1 Å². The molecule has 0 aliphatic carbocycles. The van der Waals surface area contributed by atoms with Crippen LogP contribution in [0.3, 0.4) is 0 Å². The lowest BCUT2D eigenvalue weighted by Crippen LogP contribution is -2.08. The van der Waals surface area contributed by atoms with Crippen LogP contribution in [0.25, 0.3) is 21.9 Å². The SMILES string of the molecule is CCOCc1nc2cnc3ccccc3c2n1CCCO/N=C/c1ccccc1. The molecule has 6 nitrogen and oxygen atoms in total. The Labute approximate surface area is 169 Å². The lowest BCUT2D eigenvalue weighted by Gasteiger charge is -2.10. The molecule has 0 unspecified atom stereocenters. The Morgan fingerprint density at radius 1 is 1.03 bits per heavy atom.